The van der Waals surface area contributed by atoms with Gasteiger partial charge in [-0.25, -0.2) is 8.42 Å². The molecular formula is C22H26ClN3O3S. The molecule has 0 atom stereocenters. The average Bonchev–Trinajstić information content (AvgIpc) is 2.68. The first-order chi connectivity index (χ1) is 14.2. The second-order valence-electron chi connectivity index (χ2n) is 7.46. The van der Waals surface area contributed by atoms with Crippen molar-refractivity contribution in [2.75, 3.05) is 51.0 Å². The van der Waals surface area contributed by atoms with Crippen LogP contribution in [0.4, 0.5) is 11.4 Å². The Morgan fingerprint density at radius 1 is 1.00 bits per heavy atom. The first-order valence-corrected chi connectivity index (χ1v) is 11.3. The van der Waals surface area contributed by atoms with Crippen molar-refractivity contribution in [1.82, 2.24) is 4.90 Å². The van der Waals surface area contributed by atoms with E-state index in [2.05, 4.69) is 4.72 Å². The van der Waals surface area contributed by atoms with Crippen LogP contribution in [0.25, 0.3) is 10.8 Å². The van der Waals surface area contributed by atoms with E-state index in [0.29, 0.717) is 28.5 Å². The van der Waals surface area contributed by atoms with Crippen LogP contribution in [-0.2, 0) is 10.0 Å². The number of benzene rings is 3. The number of nitrogens with one attached hydrogen (secondary N) is 1. The molecule has 0 saturated heterocycles. The largest absolute Gasteiger partial charge is 0.491 e. The van der Waals surface area contributed by atoms with E-state index in [1.807, 2.05) is 62.3 Å². The summed E-state index contributed by atoms with van der Waals surface area (Å²) in [6, 6.07) is 15.8. The maximum atomic E-state index is 13.1. The summed E-state index contributed by atoms with van der Waals surface area (Å²) in [5.41, 5.74) is 1.39. The van der Waals surface area contributed by atoms with Crippen LogP contribution in [0, 0.1) is 0 Å². The Morgan fingerprint density at radius 3 is 2.47 bits per heavy atom. The van der Waals surface area contributed by atoms with Crippen molar-refractivity contribution in [3.8, 4) is 5.75 Å². The van der Waals surface area contributed by atoms with Crippen molar-refractivity contribution in [3.63, 3.8) is 0 Å². The number of ether oxygens (including phenoxy) is 1. The van der Waals surface area contributed by atoms with E-state index in [0.717, 1.165) is 17.6 Å². The Bertz CT molecular complexity index is 1150. The summed E-state index contributed by atoms with van der Waals surface area (Å²) in [6.07, 6.45) is 0. The molecule has 0 radical (unpaired) electrons. The van der Waals surface area contributed by atoms with Crippen molar-refractivity contribution in [1.29, 1.82) is 0 Å². The zero-order valence-corrected chi connectivity index (χ0v) is 19.1. The van der Waals surface area contributed by atoms with Crippen molar-refractivity contribution < 1.29 is 13.2 Å². The number of hydrogen-bond acceptors (Lipinski definition) is 5. The fourth-order valence-corrected chi connectivity index (χ4v) is 4.43. The summed E-state index contributed by atoms with van der Waals surface area (Å²) >= 11 is 6.20. The van der Waals surface area contributed by atoms with E-state index in [-0.39, 0.29) is 4.90 Å². The topological polar surface area (TPSA) is 61.9 Å². The molecule has 0 unspecified atom stereocenters. The number of fused-ring (bicyclic) bond motifs is 1. The van der Waals surface area contributed by atoms with Gasteiger partial charge in [-0.2, -0.15) is 0 Å². The van der Waals surface area contributed by atoms with Gasteiger partial charge in [-0.3, -0.25) is 4.72 Å². The van der Waals surface area contributed by atoms with Crippen LogP contribution >= 0.6 is 11.6 Å². The highest BCUT2D eigenvalue weighted by atomic mass is 35.5. The summed E-state index contributed by atoms with van der Waals surface area (Å²) < 4.78 is 34.6. The van der Waals surface area contributed by atoms with Crippen LogP contribution in [0.3, 0.4) is 0 Å². The first-order valence-electron chi connectivity index (χ1n) is 9.47. The third-order valence-electron chi connectivity index (χ3n) is 4.61. The normalized spacial score (nSPS) is 11.7. The number of anilines is 2. The molecule has 0 aliphatic rings. The fourth-order valence-electron chi connectivity index (χ4n) is 2.98. The van der Waals surface area contributed by atoms with Crippen molar-refractivity contribution >= 4 is 43.8 Å². The second kappa shape index (κ2) is 9.12. The molecule has 3 aromatic carbocycles. The maximum Gasteiger partial charge on any atom is 0.262 e. The second-order valence-corrected chi connectivity index (χ2v) is 9.52. The highest BCUT2D eigenvalue weighted by Crippen LogP contribution is 2.31. The molecule has 3 aromatic rings. The van der Waals surface area contributed by atoms with Gasteiger partial charge in [0.05, 0.1) is 15.6 Å². The molecule has 0 amide bonds. The fraction of sp³-hybridized carbons (Fsp3) is 0.273. The van der Waals surface area contributed by atoms with Crippen LogP contribution in [0.1, 0.15) is 0 Å². The Morgan fingerprint density at radius 2 is 1.77 bits per heavy atom. The zero-order chi connectivity index (χ0) is 21.9. The van der Waals surface area contributed by atoms with Gasteiger partial charge in [0.15, 0.2) is 0 Å². The van der Waals surface area contributed by atoms with Crippen LogP contribution in [0.2, 0.25) is 5.02 Å². The van der Waals surface area contributed by atoms with Crippen molar-refractivity contribution in [2.24, 2.45) is 0 Å². The van der Waals surface area contributed by atoms with Gasteiger partial charge >= 0.3 is 0 Å². The van der Waals surface area contributed by atoms with E-state index in [1.54, 1.807) is 30.3 Å². The standard InChI is InChI=1S/C22H26ClN3O3S/c1-25(2)12-13-29-21-15-17(8-11-20(21)23)24-30(27,28)22-7-5-6-16-14-18(26(3)4)9-10-19(16)22/h5-11,14-15,24H,12-13H2,1-4H3. The Balaban J connectivity index is 1.90. The van der Waals surface area contributed by atoms with Crippen molar-refractivity contribution in [3.05, 3.63) is 59.6 Å². The average molecular weight is 448 g/mol. The lowest BCUT2D eigenvalue weighted by Crippen LogP contribution is -2.19. The highest BCUT2D eigenvalue weighted by molar-refractivity contribution is 7.93. The van der Waals surface area contributed by atoms with Gasteiger partial charge < -0.3 is 14.5 Å². The molecule has 1 N–H and O–H groups in total. The van der Waals surface area contributed by atoms with E-state index in [9.17, 15) is 8.42 Å². The van der Waals surface area contributed by atoms with Crippen LogP contribution in [0.5, 0.6) is 5.75 Å². The van der Waals surface area contributed by atoms with Gasteiger partial charge in [-0.1, -0.05) is 29.8 Å². The minimum absolute atomic E-state index is 0.218. The smallest absolute Gasteiger partial charge is 0.262 e. The lowest BCUT2D eigenvalue weighted by Gasteiger charge is -2.16. The van der Waals surface area contributed by atoms with Gasteiger partial charge in [-0.15, -0.1) is 0 Å². The van der Waals surface area contributed by atoms with Gasteiger partial charge in [0.1, 0.15) is 12.4 Å². The third-order valence-corrected chi connectivity index (χ3v) is 6.36. The monoisotopic (exact) mass is 447 g/mol. The third kappa shape index (κ3) is 5.16. The lowest BCUT2D eigenvalue weighted by molar-refractivity contribution is 0.261. The molecule has 0 aliphatic carbocycles. The van der Waals surface area contributed by atoms with Crippen LogP contribution in [0.15, 0.2) is 59.5 Å². The Kier molecular flexibility index (Phi) is 6.75. The molecule has 160 valence electrons. The van der Waals surface area contributed by atoms with Crippen molar-refractivity contribution in [2.45, 2.75) is 4.90 Å². The summed E-state index contributed by atoms with van der Waals surface area (Å²) in [7, 11) is 3.98. The minimum Gasteiger partial charge on any atom is -0.491 e. The minimum atomic E-state index is -3.81. The van der Waals surface area contributed by atoms with Crippen LogP contribution in [-0.4, -0.2) is 54.7 Å². The lowest BCUT2D eigenvalue weighted by atomic mass is 10.1. The Hall–Kier alpha value is -2.48. The molecule has 8 heteroatoms. The van der Waals surface area contributed by atoms with E-state index < -0.39 is 10.0 Å². The number of sulfonamides is 1. The number of hydrogen-bond donors (Lipinski definition) is 1. The number of halogens is 1. The predicted molar refractivity (Wildman–Crippen MR) is 125 cm³/mol. The van der Waals surface area contributed by atoms with E-state index in [1.165, 1.54) is 0 Å². The van der Waals surface area contributed by atoms with E-state index >= 15 is 0 Å². The molecule has 0 saturated carbocycles. The van der Waals surface area contributed by atoms with Gasteiger partial charge in [0, 0.05) is 37.8 Å². The maximum absolute atomic E-state index is 13.1. The zero-order valence-electron chi connectivity index (χ0n) is 17.5. The molecule has 0 aliphatic heterocycles. The molecule has 0 fully saturated rings. The van der Waals surface area contributed by atoms with Gasteiger partial charge in [-0.05, 0) is 49.8 Å². The summed E-state index contributed by atoms with van der Waals surface area (Å²) in [5.74, 6) is 0.437. The molecule has 0 bridgehead atoms. The van der Waals surface area contributed by atoms with E-state index in [4.69, 9.17) is 16.3 Å². The molecule has 0 spiro atoms. The molecule has 30 heavy (non-hydrogen) atoms. The van der Waals surface area contributed by atoms with Gasteiger partial charge in [0.25, 0.3) is 10.0 Å². The molecule has 3 rings (SSSR count). The molecule has 0 aromatic heterocycles. The van der Waals surface area contributed by atoms with Gasteiger partial charge in [0.2, 0.25) is 0 Å². The number of likely N-dealkylation sites (N-methyl/N-ethyl adjacent to an activating group) is 1. The summed E-state index contributed by atoms with van der Waals surface area (Å²) in [6.45, 7) is 1.16. The summed E-state index contributed by atoms with van der Waals surface area (Å²) in [5, 5.41) is 1.94. The molecule has 0 heterocycles. The SMILES string of the molecule is CN(C)CCOc1cc(NS(=O)(=O)c2cccc3cc(N(C)C)ccc23)ccc1Cl. The summed E-state index contributed by atoms with van der Waals surface area (Å²) in [4.78, 5) is 4.18. The number of rotatable bonds is 8. The predicted octanol–water partition coefficient (Wildman–Crippen LogP) is 4.30. The molecular weight excluding hydrogens is 422 g/mol. The van der Waals surface area contributed by atoms with Crippen LogP contribution < -0.4 is 14.4 Å². The number of nitrogens with zero attached hydrogens (tertiary/aromatic N) is 2. The first kappa shape index (κ1) is 22.2. The highest BCUT2D eigenvalue weighted by Gasteiger charge is 2.18. The quantitative estimate of drug-likeness (QED) is 0.557. The Labute approximate surface area is 183 Å². The molecule has 6 nitrogen and oxygen atoms in total.